The normalized spacial score (nSPS) is 22.5. The minimum atomic E-state index is -1.00. The van der Waals surface area contributed by atoms with Gasteiger partial charge in [0.2, 0.25) is 5.91 Å². The number of rotatable bonds is 2. The molecule has 1 aliphatic heterocycles. The summed E-state index contributed by atoms with van der Waals surface area (Å²) in [7, 11) is 0. The number of hydrogen-bond acceptors (Lipinski definition) is 4. The molecule has 1 aromatic carbocycles. The third-order valence-electron chi connectivity index (χ3n) is 2.85. The van der Waals surface area contributed by atoms with Crippen molar-refractivity contribution < 1.29 is 9.53 Å². The molecule has 1 saturated heterocycles. The van der Waals surface area contributed by atoms with Crippen LogP contribution in [-0.4, -0.2) is 24.7 Å². The van der Waals surface area contributed by atoms with Gasteiger partial charge in [-0.25, -0.2) is 0 Å². The molecule has 1 atom stereocenters. The van der Waals surface area contributed by atoms with Crippen LogP contribution in [0, 0.1) is 11.3 Å². The van der Waals surface area contributed by atoms with Gasteiger partial charge in [-0.2, -0.15) is 5.26 Å². The molecule has 1 fully saturated rings. The Hall–Kier alpha value is -1.61. The average Bonchev–Trinajstić information content (AvgIpc) is 2.80. The first-order valence-corrected chi connectivity index (χ1v) is 5.81. The van der Waals surface area contributed by atoms with Crippen LogP contribution in [0.4, 0.5) is 5.69 Å². The average molecular weight is 266 g/mol. The molecule has 0 radical (unpaired) electrons. The molecule has 94 valence electrons. The third kappa shape index (κ3) is 2.46. The minimum Gasteiger partial charge on any atom is -0.379 e. The second-order valence-corrected chi connectivity index (χ2v) is 4.63. The molecule has 1 aliphatic rings. The lowest BCUT2D eigenvalue weighted by Gasteiger charge is -2.21. The summed E-state index contributed by atoms with van der Waals surface area (Å²) < 4.78 is 5.12. The van der Waals surface area contributed by atoms with Gasteiger partial charge in [-0.1, -0.05) is 11.6 Å². The Morgan fingerprint density at radius 3 is 2.94 bits per heavy atom. The van der Waals surface area contributed by atoms with Crippen molar-refractivity contribution in [3.8, 4) is 6.07 Å². The Balaban J connectivity index is 2.15. The Morgan fingerprint density at radius 1 is 1.61 bits per heavy atom. The van der Waals surface area contributed by atoms with Crippen molar-refractivity contribution in [3.63, 3.8) is 0 Å². The quantitative estimate of drug-likeness (QED) is 0.843. The van der Waals surface area contributed by atoms with Crippen LogP contribution in [0.2, 0.25) is 5.02 Å². The molecule has 0 aromatic heterocycles. The smallest absolute Gasteiger partial charge is 0.246 e. The van der Waals surface area contributed by atoms with Crippen molar-refractivity contribution in [1.29, 1.82) is 5.26 Å². The van der Waals surface area contributed by atoms with Crippen LogP contribution in [-0.2, 0) is 9.53 Å². The number of ether oxygens (including phenoxy) is 1. The summed E-state index contributed by atoms with van der Waals surface area (Å²) in [6.07, 6.45) is 0.479. The number of carbonyl (C=O) groups is 1. The Morgan fingerprint density at radius 2 is 2.39 bits per heavy atom. The maximum atomic E-state index is 12.0. The standard InChI is InChI=1S/C12H12ClN3O2/c13-9-5-8(6-14)1-2-10(9)16-11(17)12(15)3-4-18-7-12/h1-2,5H,3-4,7,15H2,(H,16,17). The first kappa shape index (κ1) is 12.8. The van der Waals surface area contributed by atoms with Gasteiger partial charge in [0.15, 0.2) is 0 Å². The van der Waals surface area contributed by atoms with Crippen molar-refractivity contribution >= 4 is 23.2 Å². The molecule has 2 rings (SSSR count). The number of nitriles is 1. The fourth-order valence-electron chi connectivity index (χ4n) is 1.69. The lowest BCUT2D eigenvalue weighted by molar-refractivity contribution is -0.121. The van der Waals surface area contributed by atoms with E-state index in [1.165, 1.54) is 6.07 Å². The van der Waals surface area contributed by atoms with E-state index in [4.69, 9.17) is 27.3 Å². The molecule has 0 spiro atoms. The third-order valence-corrected chi connectivity index (χ3v) is 3.16. The maximum Gasteiger partial charge on any atom is 0.246 e. The van der Waals surface area contributed by atoms with Gasteiger partial charge in [0.05, 0.1) is 28.9 Å². The number of hydrogen-bond donors (Lipinski definition) is 2. The summed E-state index contributed by atoms with van der Waals surface area (Å²) in [5, 5.41) is 11.7. The number of carbonyl (C=O) groups excluding carboxylic acids is 1. The predicted molar refractivity (Wildman–Crippen MR) is 67.2 cm³/mol. The topological polar surface area (TPSA) is 88.1 Å². The van der Waals surface area contributed by atoms with E-state index < -0.39 is 5.54 Å². The lowest BCUT2D eigenvalue weighted by atomic mass is 9.99. The molecule has 6 heteroatoms. The molecule has 0 aliphatic carbocycles. The summed E-state index contributed by atoms with van der Waals surface area (Å²) in [5.41, 5.74) is 5.80. The van der Waals surface area contributed by atoms with E-state index in [0.29, 0.717) is 29.3 Å². The van der Waals surface area contributed by atoms with Crippen LogP contribution in [0.3, 0.4) is 0 Å². The number of halogens is 1. The monoisotopic (exact) mass is 265 g/mol. The molecule has 1 unspecified atom stereocenters. The lowest BCUT2D eigenvalue weighted by Crippen LogP contribution is -2.51. The number of benzene rings is 1. The summed E-state index contributed by atoms with van der Waals surface area (Å²) in [5.74, 6) is -0.327. The molecule has 1 aromatic rings. The van der Waals surface area contributed by atoms with Crippen LogP contribution in [0.15, 0.2) is 18.2 Å². The van der Waals surface area contributed by atoms with Gasteiger partial charge in [-0.3, -0.25) is 4.79 Å². The van der Waals surface area contributed by atoms with Crippen molar-refractivity contribution in [2.45, 2.75) is 12.0 Å². The van der Waals surface area contributed by atoms with Crippen LogP contribution in [0.5, 0.6) is 0 Å². The van der Waals surface area contributed by atoms with E-state index in [2.05, 4.69) is 5.32 Å². The van der Waals surface area contributed by atoms with Gasteiger partial charge in [-0.05, 0) is 24.6 Å². The van der Waals surface area contributed by atoms with E-state index in [1.807, 2.05) is 6.07 Å². The van der Waals surface area contributed by atoms with Gasteiger partial charge in [-0.15, -0.1) is 0 Å². The molecule has 1 heterocycles. The van der Waals surface area contributed by atoms with Gasteiger partial charge in [0, 0.05) is 6.61 Å². The molecule has 3 N–H and O–H groups in total. The highest BCUT2D eigenvalue weighted by molar-refractivity contribution is 6.33. The molecule has 5 nitrogen and oxygen atoms in total. The largest absolute Gasteiger partial charge is 0.379 e. The van der Waals surface area contributed by atoms with Gasteiger partial charge in [0.1, 0.15) is 5.54 Å². The van der Waals surface area contributed by atoms with E-state index in [1.54, 1.807) is 12.1 Å². The Labute approximate surface area is 109 Å². The minimum absolute atomic E-state index is 0.201. The zero-order valence-electron chi connectivity index (χ0n) is 9.57. The van der Waals surface area contributed by atoms with Crippen LogP contribution in [0.1, 0.15) is 12.0 Å². The predicted octanol–water partition coefficient (Wildman–Crippen LogP) is 1.27. The van der Waals surface area contributed by atoms with E-state index in [9.17, 15) is 4.79 Å². The fraction of sp³-hybridized carbons (Fsp3) is 0.333. The maximum absolute atomic E-state index is 12.0. The molecule has 0 saturated carbocycles. The molecule has 1 amide bonds. The SMILES string of the molecule is N#Cc1ccc(NC(=O)C2(N)CCOC2)c(Cl)c1. The second-order valence-electron chi connectivity index (χ2n) is 4.22. The van der Waals surface area contributed by atoms with E-state index >= 15 is 0 Å². The number of nitrogens with one attached hydrogen (secondary N) is 1. The summed E-state index contributed by atoms with van der Waals surface area (Å²) in [6, 6.07) is 6.62. The van der Waals surface area contributed by atoms with Gasteiger partial charge in [0.25, 0.3) is 0 Å². The van der Waals surface area contributed by atoms with Crippen LogP contribution >= 0.6 is 11.6 Å². The highest BCUT2D eigenvalue weighted by Gasteiger charge is 2.38. The number of amides is 1. The molecular formula is C12H12ClN3O2. The Kier molecular flexibility index (Phi) is 3.53. The summed E-state index contributed by atoms with van der Waals surface area (Å²) in [6.45, 7) is 0.678. The molecule has 0 bridgehead atoms. The molecular weight excluding hydrogens is 254 g/mol. The summed E-state index contributed by atoms with van der Waals surface area (Å²) in [4.78, 5) is 12.0. The number of nitrogens with zero attached hydrogens (tertiary/aromatic N) is 1. The van der Waals surface area contributed by atoms with Gasteiger partial charge < -0.3 is 15.8 Å². The number of anilines is 1. The highest BCUT2D eigenvalue weighted by Crippen LogP contribution is 2.25. The van der Waals surface area contributed by atoms with Crippen molar-refractivity contribution in [3.05, 3.63) is 28.8 Å². The highest BCUT2D eigenvalue weighted by atomic mass is 35.5. The van der Waals surface area contributed by atoms with Crippen molar-refractivity contribution in [2.24, 2.45) is 5.73 Å². The van der Waals surface area contributed by atoms with Crippen LogP contribution in [0.25, 0.3) is 0 Å². The van der Waals surface area contributed by atoms with E-state index in [-0.39, 0.29) is 12.5 Å². The second kappa shape index (κ2) is 4.94. The van der Waals surface area contributed by atoms with Crippen molar-refractivity contribution in [2.75, 3.05) is 18.5 Å². The number of nitrogens with two attached hydrogens (primary N) is 1. The van der Waals surface area contributed by atoms with Crippen LogP contribution < -0.4 is 11.1 Å². The first-order chi connectivity index (χ1) is 8.55. The summed E-state index contributed by atoms with van der Waals surface area (Å²) >= 11 is 5.97. The van der Waals surface area contributed by atoms with E-state index in [0.717, 1.165) is 0 Å². The van der Waals surface area contributed by atoms with Crippen molar-refractivity contribution in [1.82, 2.24) is 0 Å². The fourth-order valence-corrected chi connectivity index (χ4v) is 1.92. The zero-order chi connectivity index (χ0) is 13.2. The first-order valence-electron chi connectivity index (χ1n) is 5.43. The van der Waals surface area contributed by atoms with Gasteiger partial charge >= 0.3 is 0 Å². The zero-order valence-corrected chi connectivity index (χ0v) is 10.3. The molecule has 18 heavy (non-hydrogen) atoms. The Bertz CT molecular complexity index is 519.